The fourth-order valence-electron chi connectivity index (χ4n) is 1.20. The zero-order valence-corrected chi connectivity index (χ0v) is 11.2. The quantitative estimate of drug-likeness (QED) is 0.677. The van der Waals surface area contributed by atoms with Crippen LogP contribution < -0.4 is 11.1 Å². The summed E-state index contributed by atoms with van der Waals surface area (Å²) in [7, 11) is 0. The predicted octanol–water partition coefficient (Wildman–Crippen LogP) is 0.859. The molecule has 0 aliphatic carbocycles. The van der Waals surface area contributed by atoms with Crippen molar-refractivity contribution in [3.63, 3.8) is 0 Å². The van der Waals surface area contributed by atoms with Crippen LogP contribution in [0.15, 0.2) is 18.2 Å². The van der Waals surface area contributed by atoms with Crippen LogP contribution in [0.25, 0.3) is 6.08 Å². The molecule has 4 N–H and O–H groups in total. The normalized spacial score (nSPS) is 12.3. The molecule has 0 fully saturated rings. The van der Waals surface area contributed by atoms with E-state index in [1.54, 1.807) is 12.1 Å². The summed E-state index contributed by atoms with van der Waals surface area (Å²) in [5, 5.41) is 11.0. The number of carboxylic acid groups (broad SMARTS) is 1. The highest BCUT2D eigenvalue weighted by atomic mass is 35.5. The van der Waals surface area contributed by atoms with Gasteiger partial charge in [-0.05, 0) is 18.2 Å². The maximum absolute atomic E-state index is 11.5. The topological polar surface area (TPSA) is 109 Å². The van der Waals surface area contributed by atoms with Crippen LogP contribution in [0.3, 0.4) is 0 Å². The molecule has 0 aromatic carbocycles. The van der Waals surface area contributed by atoms with Crippen molar-refractivity contribution >= 4 is 46.8 Å². The van der Waals surface area contributed by atoms with Crippen molar-refractivity contribution in [2.24, 2.45) is 5.73 Å². The van der Waals surface area contributed by atoms with E-state index in [4.69, 9.17) is 22.4 Å². The van der Waals surface area contributed by atoms with Gasteiger partial charge in [-0.3, -0.25) is 9.59 Å². The lowest BCUT2D eigenvalue weighted by atomic mass is 10.2. The third kappa shape index (κ3) is 5.54. The first kappa shape index (κ1) is 15.2. The number of carbonyl (C=O) groups excluding carboxylic acids is 2. The molecule has 19 heavy (non-hydrogen) atoms. The number of rotatable bonds is 6. The van der Waals surface area contributed by atoms with Crippen molar-refractivity contribution in [2.45, 2.75) is 12.5 Å². The Labute approximate surface area is 117 Å². The van der Waals surface area contributed by atoms with Gasteiger partial charge in [0.05, 0.1) is 10.8 Å². The van der Waals surface area contributed by atoms with Crippen molar-refractivity contribution in [3.05, 3.63) is 27.4 Å². The third-order valence-electron chi connectivity index (χ3n) is 2.01. The molecular weight excluding hydrogens is 292 g/mol. The van der Waals surface area contributed by atoms with E-state index in [0.717, 1.165) is 4.88 Å². The SMILES string of the molecule is NC(=O)CC(NC(=O)/C=C/c1ccc(Cl)s1)C(=O)O. The van der Waals surface area contributed by atoms with Gasteiger partial charge in [-0.2, -0.15) is 0 Å². The lowest BCUT2D eigenvalue weighted by Crippen LogP contribution is -2.42. The summed E-state index contributed by atoms with van der Waals surface area (Å²) in [4.78, 5) is 33.7. The zero-order valence-electron chi connectivity index (χ0n) is 9.63. The van der Waals surface area contributed by atoms with Crippen LogP contribution in [0.2, 0.25) is 4.34 Å². The van der Waals surface area contributed by atoms with Crippen LogP contribution in [-0.4, -0.2) is 28.9 Å². The number of aliphatic carboxylic acids is 1. The standard InChI is InChI=1S/C11H11ClN2O4S/c12-8-3-1-6(19-8)2-4-10(16)14-7(11(17)18)5-9(13)15/h1-4,7H,5H2,(H2,13,15)(H,14,16)(H,17,18)/b4-2+. The highest BCUT2D eigenvalue weighted by molar-refractivity contribution is 7.17. The largest absolute Gasteiger partial charge is 0.480 e. The summed E-state index contributed by atoms with van der Waals surface area (Å²) in [5.41, 5.74) is 4.89. The molecule has 0 aliphatic rings. The molecule has 102 valence electrons. The highest BCUT2D eigenvalue weighted by Crippen LogP contribution is 2.22. The number of nitrogens with two attached hydrogens (primary N) is 1. The number of halogens is 1. The number of carbonyl (C=O) groups is 3. The van der Waals surface area contributed by atoms with Crippen LogP contribution in [-0.2, 0) is 14.4 Å². The number of primary amides is 1. The van der Waals surface area contributed by atoms with E-state index in [1.807, 2.05) is 0 Å². The molecule has 1 atom stereocenters. The van der Waals surface area contributed by atoms with Gasteiger partial charge >= 0.3 is 5.97 Å². The van der Waals surface area contributed by atoms with Crippen LogP contribution in [0, 0.1) is 0 Å². The fraction of sp³-hybridized carbons (Fsp3) is 0.182. The third-order valence-corrected chi connectivity index (χ3v) is 3.21. The van der Waals surface area contributed by atoms with Gasteiger partial charge in [0.2, 0.25) is 11.8 Å². The first-order valence-corrected chi connectivity index (χ1v) is 6.33. The summed E-state index contributed by atoms with van der Waals surface area (Å²) in [6.45, 7) is 0. The van der Waals surface area contributed by atoms with Gasteiger partial charge in [-0.25, -0.2) is 4.79 Å². The van der Waals surface area contributed by atoms with Crippen molar-refractivity contribution in [2.75, 3.05) is 0 Å². The molecule has 1 unspecified atom stereocenters. The molecule has 1 aromatic heterocycles. The van der Waals surface area contributed by atoms with Crippen molar-refractivity contribution in [1.82, 2.24) is 5.32 Å². The molecule has 8 heteroatoms. The second-order valence-corrected chi connectivity index (χ2v) is 5.29. The van der Waals surface area contributed by atoms with E-state index in [1.165, 1.54) is 23.5 Å². The van der Waals surface area contributed by atoms with Crippen LogP contribution in [0.1, 0.15) is 11.3 Å². The van der Waals surface area contributed by atoms with Gasteiger partial charge in [0.15, 0.2) is 0 Å². The molecule has 6 nitrogen and oxygen atoms in total. The van der Waals surface area contributed by atoms with E-state index in [2.05, 4.69) is 5.32 Å². The summed E-state index contributed by atoms with van der Waals surface area (Å²) in [6.07, 6.45) is 2.20. The van der Waals surface area contributed by atoms with Gasteiger partial charge in [-0.15, -0.1) is 11.3 Å². The Morgan fingerprint density at radius 3 is 2.63 bits per heavy atom. The van der Waals surface area contributed by atoms with Crippen molar-refractivity contribution in [1.29, 1.82) is 0 Å². The summed E-state index contributed by atoms with van der Waals surface area (Å²) >= 11 is 6.99. The van der Waals surface area contributed by atoms with Crippen LogP contribution >= 0.6 is 22.9 Å². The Hall–Kier alpha value is -1.86. The van der Waals surface area contributed by atoms with Crippen LogP contribution in [0.5, 0.6) is 0 Å². The Morgan fingerprint density at radius 1 is 1.47 bits per heavy atom. The Kier molecular flexibility index (Phi) is 5.53. The van der Waals surface area contributed by atoms with Gasteiger partial charge < -0.3 is 16.2 Å². The summed E-state index contributed by atoms with van der Waals surface area (Å²) in [5.74, 6) is -2.75. The first-order valence-electron chi connectivity index (χ1n) is 5.13. The van der Waals surface area contributed by atoms with E-state index >= 15 is 0 Å². The number of thiophene rings is 1. The zero-order chi connectivity index (χ0) is 14.4. The Balaban J connectivity index is 2.60. The van der Waals surface area contributed by atoms with E-state index in [0.29, 0.717) is 4.34 Å². The predicted molar refractivity (Wildman–Crippen MR) is 71.7 cm³/mol. The molecule has 0 saturated heterocycles. The second kappa shape index (κ2) is 6.91. The van der Waals surface area contributed by atoms with Gasteiger partial charge in [0, 0.05) is 11.0 Å². The molecule has 1 aromatic rings. The molecule has 0 spiro atoms. The number of hydrogen-bond acceptors (Lipinski definition) is 4. The smallest absolute Gasteiger partial charge is 0.326 e. The second-order valence-electron chi connectivity index (χ2n) is 3.55. The molecule has 2 amide bonds. The van der Waals surface area contributed by atoms with Gasteiger partial charge in [0.1, 0.15) is 6.04 Å². The average Bonchev–Trinajstić information content (AvgIpc) is 2.71. The molecule has 1 heterocycles. The Morgan fingerprint density at radius 2 is 2.16 bits per heavy atom. The minimum atomic E-state index is -1.33. The number of carboxylic acids is 1. The Bertz CT molecular complexity index is 527. The minimum absolute atomic E-state index is 0.459. The molecule has 0 bridgehead atoms. The molecule has 1 rings (SSSR count). The van der Waals surface area contributed by atoms with Crippen molar-refractivity contribution in [3.8, 4) is 0 Å². The van der Waals surface area contributed by atoms with Crippen molar-refractivity contribution < 1.29 is 19.5 Å². The highest BCUT2D eigenvalue weighted by Gasteiger charge is 2.20. The average molecular weight is 303 g/mol. The van der Waals surface area contributed by atoms with Gasteiger partial charge in [0.25, 0.3) is 0 Å². The first-order chi connectivity index (χ1) is 8.88. The maximum Gasteiger partial charge on any atom is 0.326 e. The number of nitrogens with one attached hydrogen (secondary N) is 1. The van der Waals surface area contributed by atoms with E-state index in [9.17, 15) is 14.4 Å². The van der Waals surface area contributed by atoms with E-state index in [-0.39, 0.29) is 0 Å². The van der Waals surface area contributed by atoms with Crippen LogP contribution in [0.4, 0.5) is 0 Å². The van der Waals surface area contributed by atoms with Gasteiger partial charge in [-0.1, -0.05) is 11.6 Å². The summed E-state index contributed by atoms with van der Waals surface area (Å²) in [6, 6.07) is 2.06. The molecule has 0 saturated carbocycles. The minimum Gasteiger partial charge on any atom is -0.480 e. The number of amides is 2. The molecule has 0 radical (unpaired) electrons. The lowest BCUT2D eigenvalue weighted by Gasteiger charge is -2.10. The summed E-state index contributed by atoms with van der Waals surface area (Å²) < 4.78 is 0.581. The lowest BCUT2D eigenvalue weighted by molar-refractivity contribution is -0.142. The molecular formula is C11H11ClN2O4S. The van der Waals surface area contributed by atoms with E-state index < -0.39 is 30.2 Å². The number of hydrogen-bond donors (Lipinski definition) is 3. The maximum atomic E-state index is 11.5. The monoisotopic (exact) mass is 302 g/mol. The fourth-order valence-corrected chi connectivity index (χ4v) is 2.16. The molecule has 0 aliphatic heterocycles.